The van der Waals surface area contributed by atoms with Crippen LogP contribution in [0.15, 0.2) is 46.2 Å². The minimum Gasteiger partial charge on any atom is -0.373 e. The Bertz CT molecular complexity index is 273. The quantitative estimate of drug-likeness (QED) is 0.644. The number of thioether (sulfide) groups is 1. The van der Waals surface area contributed by atoms with Gasteiger partial charge in [-0.25, -0.2) is 0 Å². The van der Waals surface area contributed by atoms with Crippen LogP contribution in [-0.2, 0) is 4.74 Å². The number of ether oxygens (including phenoxy) is 1. The zero-order valence-corrected chi connectivity index (χ0v) is 7.51. The highest BCUT2D eigenvalue weighted by atomic mass is 32.2. The van der Waals surface area contributed by atoms with Gasteiger partial charge in [-0.15, -0.1) is 0 Å². The third-order valence-electron chi connectivity index (χ3n) is 1.68. The highest BCUT2D eigenvalue weighted by Gasteiger charge is 2.07. The van der Waals surface area contributed by atoms with Crippen molar-refractivity contribution in [1.82, 2.24) is 0 Å². The Morgan fingerprint density at radius 2 is 1.92 bits per heavy atom. The van der Waals surface area contributed by atoms with Gasteiger partial charge in [-0.2, -0.15) is 0 Å². The maximum atomic E-state index is 5.04. The molecule has 1 aromatic carbocycles. The lowest BCUT2D eigenvalue weighted by molar-refractivity contribution is 0.103. The summed E-state index contributed by atoms with van der Waals surface area (Å²) in [5.41, 5.74) is 1.39. The molecule has 2 rings (SSSR count). The minimum absolute atomic E-state index is 0.819. The van der Waals surface area contributed by atoms with Gasteiger partial charge in [0.05, 0.1) is 13.2 Å². The van der Waals surface area contributed by atoms with Crippen molar-refractivity contribution in [2.75, 3.05) is 13.2 Å². The first-order chi connectivity index (χ1) is 5.95. The van der Waals surface area contributed by atoms with Gasteiger partial charge in [-0.3, -0.25) is 0 Å². The second-order valence-corrected chi connectivity index (χ2v) is 3.64. The fourth-order valence-electron chi connectivity index (χ4n) is 0.938. The van der Waals surface area contributed by atoms with Crippen molar-refractivity contribution in [1.29, 1.82) is 0 Å². The zero-order valence-electron chi connectivity index (χ0n) is 6.69. The summed E-state index contributed by atoms with van der Waals surface area (Å²) in [6.45, 7) is 1.64. The Morgan fingerprint density at radius 3 is 2.50 bits per heavy atom. The molecule has 62 valence electrons. The molecule has 0 spiro atoms. The molecule has 1 aliphatic rings. The Morgan fingerprint density at radius 1 is 1.17 bits per heavy atom. The molecule has 1 aromatic rings. The maximum Gasteiger partial charge on any atom is 0.0711 e. The van der Waals surface area contributed by atoms with Crippen LogP contribution in [0.5, 0.6) is 0 Å². The first kappa shape index (κ1) is 7.90. The molecule has 1 saturated heterocycles. The molecule has 2 heteroatoms. The summed E-state index contributed by atoms with van der Waals surface area (Å²) in [5, 5.41) is 2.18. The highest BCUT2D eigenvalue weighted by Crippen LogP contribution is 2.22. The van der Waals surface area contributed by atoms with Crippen molar-refractivity contribution in [3.8, 4) is 0 Å². The van der Waals surface area contributed by atoms with E-state index in [1.807, 2.05) is 6.07 Å². The van der Waals surface area contributed by atoms with E-state index in [1.165, 1.54) is 10.5 Å². The highest BCUT2D eigenvalue weighted by molar-refractivity contribution is 8.02. The molecule has 0 atom stereocenters. The summed E-state index contributed by atoms with van der Waals surface area (Å²) in [4.78, 5) is 1.29. The normalized spacial score (nSPS) is 15.5. The molecule has 0 N–H and O–H groups in total. The summed E-state index contributed by atoms with van der Waals surface area (Å²) < 4.78 is 5.04. The van der Waals surface area contributed by atoms with Gasteiger partial charge >= 0.3 is 0 Å². The average molecular weight is 178 g/mol. The predicted molar refractivity (Wildman–Crippen MR) is 51.2 cm³/mol. The molecular weight excluding hydrogens is 168 g/mol. The molecule has 0 aromatic heterocycles. The second-order valence-electron chi connectivity index (χ2n) is 2.70. The second kappa shape index (κ2) is 3.78. The van der Waals surface area contributed by atoms with E-state index < -0.39 is 0 Å². The molecule has 1 fully saturated rings. The van der Waals surface area contributed by atoms with Gasteiger partial charge in [0.15, 0.2) is 0 Å². The Labute approximate surface area is 76.4 Å². The number of hydrogen-bond donors (Lipinski definition) is 0. The standard InChI is InChI=1S/C10H10OS/c1-2-4-10(5-3-1)12-8-9-6-11-7-9/h1-5,8H,6-7H2. The molecule has 0 amide bonds. The van der Waals surface area contributed by atoms with Crippen molar-refractivity contribution in [3.63, 3.8) is 0 Å². The van der Waals surface area contributed by atoms with Crippen LogP contribution in [0.2, 0.25) is 0 Å². The van der Waals surface area contributed by atoms with Crippen molar-refractivity contribution in [3.05, 3.63) is 41.3 Å². The van der Waals surface area contributed by atoms with E-state index in [1.54, 1.807) is 11.8 Å². The van der Waals surface area contributed by atoms with E-state index in [0.717, 1.165) is 13.2 Å². The van der Waals surface area contributed by atoms with Crippen molar-refractivity contribution < 1.29 is 4.74 Å². The summed E-state index contributed by atoms with van der Waals surface area (Å²) in [7, 11) is 0. The topological polar surface area (TPSA) is 9.23 Å². The van der Waals surface area contributed by atoms with E-state index in [0.29, 0.717) is 0 Å². The van der Waals surface area contributed by atoms with E-state index >= 15 is 0 Å². The summed E-state index contributed by atoms with van der Waals surface area (Å²) in [6.07, 6.45) is 0. The summed E-state index contributed by atoms with van der Waals surface area (Å²) in [5.74, 6) is 0. The lowest BCUT2D eigenvalue weighted by atomic mass is 10.3. The van der Waals surface area contributed by atoms with Gasteiger partial charge in [0.25, 0.3) is 0 Å². The van der Waals surface area contributed by atoms with Crippen molar-refractivity contribution >= 4 is 11.8 Å². The van der Waals surface area contributed by atoms with Gasteiger partial charge in [0.2, 0.25) is 0 Å². The first-order valence-corrected chi connectivity index (χ1v) is 4.80. The van der Waals surface area contributed by atoms with Crippen LogP contribution in [0.4, 0.5) is 0 Å². The van der Waals surface area contributed by atoms with Gasteiger partial charge in [-0.1, -0.05) is 30.0 Å². The maximum absolute atomic E-state index is 5.04. The zero-order chi connectivity index (χ0) is 8.23. The number of benzene rings is 1. The Balaban J connectivity index is 1.95. The molecule has 1 heterocycles. The van der Waals surface area contributed by atoms with Crippen molar-refractivity contribution in [2.45, 2.75) is 4.90 Å². The van der Waals surface area contributed by atoms with E-state index in [-0.39, 0.29) is 0 Å². The molecule has 0 unspecified atom stereocenters. The van der Waals surface area contributed by atoms with Crippen LogP contribution in [-0.4, -0.2) is 13.2 Å². The van der Waals surface area contributed by atoms with Gasteiger partial charge in [0, 0.05) is 4.90 Å². The van der Waals surface area contributed by atoms with Crippen LogP contribution in [0.3, 0.4) is 0 Å². The third kappa shape index (κ3) is 1.90. The minimum atomic E-state index is 0.819. The molecule has 0 radical (unpaired) electrons. The molecule has 1 aliphatic heterocycles. The van der Waals surface area contributed by atoms with Gasteiger partial charge in [-0.05, 0) is 23.1 Å². The van der Waals surface area contributed by atoms with Crippen molar-refractivity contribution in [2.24, 2.45) is 0 Å². The van der Waals surface area contributed by atoms with E-state index in [9.17, 15) is 0 Å². The van der Waals surface area contributed by atoms with Crippen LogP contribution in [0.1, 0.15) is 0 Å². The third-order valence-corrected chi connectivity index (χ3v) is 2.68. The van der Waals surface area contributed by atoms with Crippen LogP contribution >= 0.6 is 11.8 Å². The monoisotopic (exact) mass is 178 g/mol. The fourth-order valence-corrected chi connectivity index (χ4v) is 1.69. The molecular formula is C10H10OS. The summed E-state index contributed by atoms with van der Waals surface area (Å²) in [6, 6.07) is 10.4. The Kier molecular flexibility index (Phi) is 2.49. The van der Waals surface area contributed by atoms with Gasteiger partial charge < -0.3 is 4.74 Å². The van der Waals surface area contributed by atoms with Crippen LogP contribution in [0, 0.1) is 0 Å². The first-order valence-electron chi connectivity index (χ1n) is 3.92. The molecule has 1 nitrogen and oxygen atoms in total. The number of hydrogen-bond acceptors (Lipinski definition) is 2. The van der Waals surface area contributed by atoms with Gasteiger partial charge in [0.1, 0.15) is 0 Å². The lowest BCUT2D eigenvalue weighted by Crippen LogP contribution is -2.15. The predicted octanol–water partition coefficient (Wildman–Crippen LogP) is 2.69. The lowest BCUT2D eigenvalue weighted by Gasteiger charge is -2.16. The average Bonchev–Trinajstić information content (AvgIpc) is 2.04. The number of rotatable bonds is 2. The smallest absolute Gasteiger partial charge is 0.0711 e. The van der Waals surface area contributed by atoms with Crippen LogP contribution < -0.4 is 0 Å². The van der Waals surface area contributed by atoms with E-state index in [2.05, 4.69) is 29.7 Å². The molecule has 0 aliphatic carbocycles. The van der Waals surface area contributed by atoms with E-state index in [4.69, 9.17) is 4.74 Å². The fraction of sp³-hybridized carbons (Fsp3) is 0.200. The molecule has 0 bridgehead atoms. The van der Waals surface area contributed by atoms with Crippen LogP contribution in [0.25, 0.3) is 0 Å². The Hall–Kier alpha value is -0.730. The SMILES string of the molecule is C(Sc1ccccc1)=C1COC1. The molecule has 0 saturated carbocycles. The largest absolute Gasteiger partial charge is 0.373 e. The molecule has 12 heavy (non-hydrogen) atoms. The summed E-state index contributed by atoms with van der Waals surface area (Å²) >= 11 is 1.76.